The minimum atomic E-state index is -3.64. The van der Waals surface area contributed by atoms with E-state index in [2.05, 4.69) is 18.9 Å². The third-order valence-electron chi connectivity index (χ3n) is 4.06. The molecule has 0 saturated carbocycles. The van der Waals surface area contributed by atoms with Gasteiger partial charge in [-0.25, -0.2) is 0 Å². The molecule has 112 valence electrons. The summed E-state index contributed by atoms with van der Waals surface area (Å²) in [5, 5.41) is 0. The first-order valence-corrected chi connectivity index (χ1v) is 8.44. The summed E-state index contributed by atoms with van der Waals surface area (Å²) in [6.07, 6.45) is 1.09. The standard InChI is InChI=1S/C15H23NO3S/c1-12-4-6-15(7-5-12)20(17,18)19-11-14-10-16(3)9-8-13(14)2/h4-7,13-14H,8-11H2,1-3H3. The Morgan fingerprint density at radius 3 is 2.60 bits per heavy atom. The second-order valence-electron chi connectivity index (χ2n) is 5.84. The normalized spacial score (nSPS) is 24.8. The third-order valence-corrected chi connectivity index (χ3v) is 5.36. The summed E-state index contributed by atoms with van der Waals surface area (Å²) < 4.78 is 29.5. The van der Waals surface area contributed by atoms with Crippen molar-refractivity contribution in [3.63, 3.8) is 0 Å². The van der Waals surface area contributed by atoms with E-state index in [1.165, 1.54) is 0 Å². The summed E-state index contributed by atoms with van der Waals surface area (Å²) in [4.78, 5) is 2.46. The molecular weight excluding hydrogens is 274 g/mol. The van der Waals surface area contributed by atoms with Gasteiger partial charge < -0.3 is 4.90 Å². The van der Waals surface area contributed by atoms with E-state index in [1.807, 2.05) is 6.92 Å². The number of hydrogen-bond donors (Lipinski definition) is 0. The SMILES string of the molecule is Cc1ccc(S(=O)(=O)OCC2CN(C)CCC2C)cc1. The van der Waals surface area contributed by atoms with Gasteiger partial charge in [0.15, 0.2) is 0 Å². The lowest BCUT2D eigenvalue weighted by molar-refractivity contribution is 0.108. The van der Waals surface area contributed by atoms with Crippen molar-refractivity contribution in [2.24, 2.45) is 11.8 Å². The van der Waals surface area contributed by atoms with Gasteiger partial charge in [-0.2, -0.15) is 8.42 Å². The minimum Gasteiger partial charge on any atom is -0.306 e. The number of piperidine rings is 1. The molecular formula is C15H23NO3S. The van der Waals surface area contributed by atoms with Crippen molar-refractivity contribution in [1.82, 2.24) is 4.90 Å². The van der Waals surface area contributed by atoms with Crippen molar-refractivity contribution in [2.45, 2.75) is 25.2 Å². The second kappa shape index (κ2) is 6.24. The Labute approximate surface area is 121 Å². The minimum absolute atomic E-state index is 0.236. The number of aryl methyl sites for hydroxylation is 1. The number of rotatable bonds is 4. The highest BCUT2D eigenvalue weighted by atomic mass is 32.2. The van der Waals surface area contributed by atoms with Crippen LogP contribution >= 0.6 is 0 Å². The Bertz CT molecular complexity index is 539. The monoisotopic (exact) mass is 297 g/mol. The highest BCUT2D eigenvalue weighted by molar-refractivity contribution is 7.86. The van der Waals surface area contributed by atoms with Crippen LogP contribution in [0.25, 0.3) is 0 Å². The Morgan fingerprint density at radius 2 is 1.95 bits per heavy atom. The fourth-order valence-electron chi connectivity index (χ4n) is 2.50. The van der Waals surface area contributed by atoms with Crippen LogP contribution in [0, 0.1) is 18.8 Å². The molecule has 1 saturated heterocycles. The molecule has 1 fully saturated rings. The first-order chi connectivity index (χ1) is 9.38. The van der Waals surface area contributed by atoms with Crippen molar-refractivity contribution in [1.29, 1.82) is 0 Å². The largest absolute Gasteiger partial charge is 0.306 e. The molecule has 1 aliphatic heterocycles. The van der Waals surface area contributed by atoms with Gasteiger partial charge in [-0.3, -0.25) is 4.18 Å². The summed E-state index contributed by atoms with van der Waals surface area (Å²) in [6, 6.07) is 6.77. The summed E-state index contributed by atoms with van der Waals surface area (Å²) in [5.41, 5.74) is 1.03. The van der Waals surface area contributed by atoms with E-state index < -0.39 is 10.1 Å². The van der Waals surface area contributed by atoms with Gasteiger partial charge >= 0.3 is 0 Å². The Balaban J connectivity index is 2.00. The molecule has 5 heteroatoms. The van der Waals surface area contributed by atoms with E-state index in [0.29, 0.717) is 5.92 Å². The summed E-state index contributed by atoms with van der Waals surface area (Å²) in [5.74, 6) is 0.772. The number of hydrogen-bond acceptors (Lipinski definition) is 4. The van der Waals surface area contributed by atoms with Gasteiger partial charge in [0, 0.05) is 6.54 Å². The van der Waals surface area contributed by atoms with Crippen LogP contribution in [0.4, 0.5) is 0 Å². The summed E-state index contributed by atoms with van der Waals surface area (Å²) in [7, 11) is -1.57. The van der Waals surface area contributed by atoms with Gasteiger partial charge in [-0.05, 0) is 50.9 Å². The molecule has 0 N–H and O–H groups in total. The van der Waals surface area contributed by atoms with Gasteiger partial charge in [0.05, 0.1) is 11.5 Å². The van der Waals surface area contributed by atoms with Crippen LogP contribution in [0.1, 0.15) is 18.9 Å². The number of benzene rings is 1. The average molecular weight is 297 g/mol. The first kappa shape index (κ1) is 15.5. The van der Waals surface area contributed by atoms with Gasteiger partial charge in [0.1, 0.15) is 0 Å². The fraction of sp³-hybridized carbons (Fsp3) is 0.600. The van der Waals surface area contributed by atoms with Gasteiger partial charge in [-0.1, -0.05) is 24.6 Å². The van der Waals surface area contributed by atoms with Gasteiger partial charge in [0.25, 0.3) is 10.1 Å². The molecule has 0 aliphatic carbocycles. The molecule has 20 heavy (non-hydrogen) atoms. The van der Waals surface area contributed by atoms with Crippen LogP contribution in [0.2, 0.25) is 0 Å². The van der Waals surface area contributed by atoms with Crippen LogP contribution in [0.15, 0.2) is 29.2 Å². The van der Waals surface area contributed by atoms with Crippen molar-refractivity contribution in [2.75, 3.05) is 26.7 Å². The molecule has 1 heterocycles. The molecule has 2 unspecified atom stereocenters. The van der Waals surface area contributed by atoms with E-state index in [-0.39, 0.29) is 17.4 Å². The van der Waals surface area contributed by atoms with E-state index in [9.17, 15) is 8.42 Å². The zero-order valence-corrected chi connectivity index (χ0v) is 13.2. The van der Waals surface area contributed by atoms with E-state index in [0.717, 1.165) is 25.1 Å². The lowest BCUT2D eigenvalue weighted by Gasteiger charge is -2.34. The maximum absolute atomic E-state index is 12.1. The van der Waals surface area contributed by atoms with Crippen molar-refractivity contribution >= 4 is 10.1 Å². The Morgan fingerprint density at radius 1 is 1.30 bits per heavy atom. The topological polar surface area (TPSA) is 46.6 Å². The molecule has 2 rings (SSSR count). The van der Waals surface area contributed by atoms with Crippen molar-refractivity contribution < 1.29 is 12.6 Å². The predicted octanol–water partition coefficient (Wildman–Crippen LogP) is 2.29. The molecule has 0 spiro atoms. The molecule has 2 atom stereocenters. The maximum Gasteiger partial charge on any atom is 0.296 e. The molecule has 4 nitrogen and oxygen atoms in total. The lowest BCUT2D eigenvalue weighted by Crippen LogP contribution is -2.39. The number of likely N-dealkylation sites (tertiary alicyclic amines) is 1. The van der Waals surface area contributed by atoms with Crippen LogP contribution in [0.5, 0.6) is 0 Å². The van der Waals surface area contributed by atoms with Crippen LogP contribution < -0.4 is 0 Å². The maximum atomic E-state index is 12.1. The smallest absolute Gasteiger partial charge is 0.296 e. The molecule has 0 radical (unpaired) electrons. The lowest BCUT2D eigenvalue weighted by atomic mass is 9.88. The van der Waals surface area contributed by atoms with Crippen LogP contribution in [-0.4, -0.2) is 40.1 Å². The molecule has 0 aromatic heterocycles. The highest BCUT2D eigenvalue weighted by Crippen LogP contribution is 2.24. The summed E-state index contributed by atoms with van der Waals surface area (Å²) >= 11 is 0. The Kier molecular flexibility index (Phi) is 4.83. The zero-order chi connectivity index (χ0) is 14.8. The predicted molar refractivity (Wildman–Crippen MR) is 79.1 cm³/mol. The molecule has 1 aliphatic rings. The van der Waals surface area contributed by atoms with Crippen LogP contribution in [-0.2, 0) is 14.3 Å². The molecule has 0 bridgehead atoms. The molecule has 1 aromatic rings. The third kappa shape index (κ3) is 3.81. The number of nitrogens with zero attached hydrogens (tertiary/aromatic N) is 1. The van der Waals surface area contributed by atoms with Gasteiger partial charge in [0.2, 0.25) is 0 Å². The molecule has 1 aromatic carbocycles. The van der Waals surface area contributed by atoms with Crippen molar-refractivity contribution in [3.8, 4) is 0 Å². The van der Waals surface area contributed by atoms with E-state index in [4.69, 9.17) is 4.18 Å². The van der Waals surface area contributed by atoms with E-state index >= 15 is 0 Å². The van der Waals surface area contributed by atoms with Gasteiger partial charge in [-0.15, -0.1) is 0 Å². The van der Waals surface area contributed by atoms with Crippen LogP contribution in [0.3, 0.4) is 0 Å². The van der Waals surface area contributed by atoms with Crippen molar-refractivity contribution in [3.05, 3.63) is 29.8 Å². The second-order valence-corrected chi connectivity index (χ2v) is 7.46. The summed E-state index contributed by atoms with van der Waals surface area (Å²) in [6.45, 7) is 6.32. The zero-order valence-electron chi connectivity index (χ0n) is 12.4. The quantitative estimate of drug-likeness (QED) is 0.800. The Hall–Kier alpha value is -0.910. The van der Waals surface area contributed by atoms with E-state index in [1.54, 1.807) is 24.3 Å². The fourth-order valence-corrected chi connectivity index (χ4v) is 3.46. The molecule has 0 amide bonds. The first-order valence-electron chi connectivity index (χ1n) is 7.03. The average Bonchev–Trinajstić information content (AvgIpc) is 2.40. The highest BCUT2D eigenvalue weighted by Gasteiger charge is 2.26.